The van der Waals surface area contributed by atoms with E-state index in [2.05, 4.69) is 5.32 Å². The van der Waals surface area contributed by atoms with Crippen molar-refractivity contribution < 1.29 is 49.2 Å². The average Bonchev–Trinajstić information content (AvgIpc) is 3.01. The summed E-state index contributed by atoms with van der Waals surface area (Å²) >= 11 is 0. The van der Waals surface area contributed by atoms with Crippen molar-refractivity contribution in [1.29, 1.82) is 0 Å². The first-order valence-electron chi connectivity index (χ1n) is 15.7. The van der Waals surface area contributed by atoms with Crippen LogP contribution < -0.4 is 10.8 Å². The fraction of sp³-hybridized carbons (Fsp3) is 0.485. The van der Waals surface area contributed by atoms with Crippen LogP contribution in [0.3, 0.4) is 0 Å². The molecule has 0 unspecified atom stereocenters. The summed E-state index contributed by atoms with van der Waals surface area (Å²) in [6.45, 7) is 2.86. The van der Waals surface area contributed by atoms with Crippen LogP contribution >= 0.6 is 0 Å². The minimum absolute atomic E-state index is 0.0429. The highest BCUT2D eigenvalue weighted by Crippen LogP contribution is 2.57. The van der Waals surface area contributed by atoms with Gasteiger partial charge in [-0.1, -0.05) is 42.5 Å². The lowest BCUT2D eigenvalue weighted by Gasteiger charge is -2.55. The van der Waals surface area contributed by atoms with Gasteiger partial charge in [0, 0.05) is 49.6 Å². The molecule has 14 heteroatoms. The zero-order valence-corrected chi connectivity index (χ0v) is 26.5. The van der Waals surface area contributed by atoms with Gasteiger partial charge < -0.3 is 40.2 Å². The molecule has 1 saturated heterocycles. The fourth-order valence-corrected chi connectivity index (χ4v) is 7.88. The van der Waals surface area contributed by atoms with Crippen LogP contribution in [-0.2, 0) is 23.7 Å². The third-order valence-corrected chi connectivity index (χ3v) is 10.3. The van der Waals surface area contributed by atoms with Gasteiger partial charge in [-0.2, -0.15) is 0 Å². The molecule has 0 radical (unpaired) electrons. The molecule has 13 nitrogen and oxygen atoms in total. The molecule has 0 bridgehead atoms. The second kappa shape index (κ2) is 12.3. The predicted octanol–water partition coefficient (Wildman–Crippen LogP) is -0.114. The summed E-state index contributed by atoms with van der Waals surface area (Å²) in [5.74, 6) is -9.14. The number of nitrogens with one attached hydrogen (secondary N) is 1. The Morgan fingerprint density at radius 3 is 2.34 bits per heavy atom. The molecule has 5 aliphatic rings. The average molecular weight is 650 g/mol. The number of hydrogen-bond acceptors (Lipinski definition) is 12. The number of aliphatic hydroxyl groups is 5. The maximum absolute atomic E-state index is 13.9. The van der Waals surface area contributed by atoms with Gasteiger partial charge in [0.1, 0.15) is 22.9 Å². The number of likely N-dealkylation sites (N-methyl/N-ethyl adjacent to an activating group) is 1. The van der Waals surface area contributed by atoms with Gasteiger partial charge in [0.05, 0.1) is 24.2 Å². The van der Waals surface area contributed by atoms with E-state index < -0.39 is 82.6 Å². The van der Waals surface area contributed by atoms with Crippen LogP contribution in [0.15, 0.2) is 77.0 Å². The highest BCUT2D eigenvalue weighted by atomic mass is 16.6. The number of amides is 1. The lowest BCUT2D eigenvalue weighted by Crippen LogP contribution is -2.66. The molecule has 1 heterocycles. The van der Waals surface area contributed by atoms with Gasteiger partial charge in [0.15, 0.2) is 17.2 Å². The van der Waals surface area contributed by atoms with E-state index in [0.29, 0.717) is 13.1 Å². The van der Waals surface area contributed by atoms with E-state index in [0.717, 1.165) is 5.46 Å². The van der Waals surface area contributed by atoms with Crippen molar-refractivity contribution in [3.63, 3.8) is 0 Å². The minimum Gasteiger partial charge on any atom is -0.512 e. The van der Waals surface area contributed by atoms with Crippen LogP contribution in [0.4, 0.5) is 0 Å². The standard InChI is InChI=1S/C33H40BN3O10/c1-32(44)19-10-7-11-22(38)23(19)27(39)24-20(32)16-21-26(36(2)3)28(40)25(30(42)33(21,45)29(24)41)31(43)35-17-37-12-14-46-34(47-15-13-37)18-8-5-4-6-9-18/h4-11,19-21,23,26,38,41-42,44-45H,12-17H2,1-3H3,(H,35,43)/t19-,20+,21+,23-,26-,32-,33+/m0/s1. The molecule has 6 rings (SSSR count). The molecule has 1 amide bonds. The molecular weight excluding hydrogens is 609 g/mol. The molecule has 2 fully saturated rings. The summed E-state index contributed by atoms with van der Waals surface area (Å²) in [6.07, 6.45) is 4.28. The third kappa shape index (κ3) is 5.33. The molecular formula is C33H40BN3O10. The summed E-state index contributed by atoms with van der Waals surface area (Å²) < 4.78 is 11.7. The number of benzene rings is 1. The van der Waals surface area contributed by atoms with Crippen molar-refractivity contribution in [2.24, 2.45) is 23.7 Å². The van der Waals surface area contributed by atoms with Crippen LogP contribution in [0, 0.1) is 23.7 Å². The monoisotopic (exact) mass is 649 g/mol. The number of Topliss-reactive ketones (excluding diaryl/α,β-unsaturated/α-hetero) is 2. The molecule has 4 aliphatic carbocycles. The van der Waals surface area contributed by atoms with Crippen LogP contribution in [0.1, 0.15) is 13.3 Å². The highest BCUT2D eigenvalue weighted by molar-refractivity contribution is 6.61. The van der Waals surface area contributed by atoms with Crippen molar-refractivity contribution in [2.45, 2.75) is 30.6 Å². The number of fused-ring (bicyclic) bond motifs is 3. The number of carbonyl (C=O) groups excluding carboxylic acids is 3. The number of ketones is 2. The van der Waals surface area contributed by atoms with E-state index in [4.69, 9.17) is 9.31 Å². The van der Waals surface area contributed by atoms with E-state index >= 15 is 0 Å². The Balaban J connectivity index is 1.28. The SMILES string of the molecule is CN(C)[C@@H]1C(=O)C(C(=O)NCN2CCOB(c3ccccc3)OCC2)=C(O)[C@]2(O)C(O)=C3C(=O)[C@@H]4C(O)=CC=C[C@@H]4[C@](C)(O)[C@@H]3C[C@H]12. The number of hydrogen-bond donors (Lipinski definition) is 6. The Kier molecular flexibility index (Phi) is 8.70. The molecule has 250 valence electrons. The van der Waals surface area contributed by atoms with Gasteiger partial charge in [-0.3, -0.25) is 24.2 Å². The Labute approximate surface area is 272 Å². The Bertz CT molecular complexity index is 1580. The Morgan fingerprint density at radius 1 is 1.04 bits per heavy atom. The van der Waals surface area contributed by atoms with Crippen LogP contribution in [0.5, 0.6) is 0 Å². The zero-order chi connectivity index (χ0) is 33.8. The first kappa shape index (κ1) is 33.1. The first-order valence-corrected chi connectivity index (χ1v) is 15.7. The smallest absolute Gasteiger partial charge is 0.493 e. The Morgan fingerprint density at radius 2 is 1.70 bits per heavy atom. The number of allylic oxidation sites excluding steroid dienone is 3. The number of aliphatic hydroxyl groups excluding tert-OH is 3. The van der Waals surface area contributed by atoms with E-state index in [1.54, 1.807) is 20.2 Å². The molecule has 0 spiro atoms. The summed E-state index contributed by atoms with van der Waals surface area (Å²) in [4.78, 5) is 44.6. The second-order valence-electron chi connectivity index (χ2n) is 13.3. The van der Waals surface area contributed by atoms with Crippen molar-refractivity contribution in [1.82, 2.24) is 15.1 Å². The molecule has 1 aliphatic heterocycles. The summed E-state index contributed by atoms with van der Waals surface area (Å²) in [5.41, 5.74) is -4.59. The van der Waals surface area contributed by atoms with Crippen molar-refractivity contribution >= 4 is 30.1 Å². The molecule has 47 heavy (non-hydrogen) atoms. The van der Waals surface area contributed by atoms with Gasteiger partial charge in [0.2, 0.25) is 0 Å². The number of carbonyl (C=O) groups is 3. The van der Waals surface area contributed by atoms with Crippen LogP contribution in [0.25, 0.3) is 0 Å². The molecule has 6 N–H and O–H groups in total. The largest absolute Gasteiger partial charge is 0.512 e. The lowest BCUT2D eigenvalue weighted by molar-refractivity contribution is -0.152. The van der Waals surface area contributed by atoms with E-state index in [1.807, 2.05) is 35.2 Å². The molecule has 1 aromatic carbocycles. The van der Waals surface area contributed by atoms with Crippen molar-refractivity contribution in [2.75, 3.05) is 47.1 Å². The maximum Gasteiger partial charge on any atom is 0.493 e. The maximum atomic E-state index is 13.9. The normalized spacial score (nSPS) is 34.7. The zero-order valence-electron chi connectivity index (χ0n) is 26.5. The number of rotatable bonds is 5. The van der Waals surface area contributed by atoms with Gasteiger partial charge in [-0.15, -0.1) is 0 Å². The number of nitrogens with zero attached hydrogens (tertiary/aromatic N) is 2. The summed E-state index contributed by atoms with van der Waals surface area (Å²) in [5, 5.41) is 60.3. The van der Waals surface area contributed by atoms with E-state index in [9.17, 15) is 39.9 Å². The second-order valence-corrected chi connectivity index (χ2v) is 13.3. The van der Waals surface area contributed by atoms with Crippen LogP contribution in [-0.4, -0.2) is 124 Å². The lowest BCUT2D eigenvalue weighted by atomic mass is 9.52. The van der Waals surface area contributed by atoms with E-state index in [1.165, 1.54) is 24.0 Å². The van der Waals surface area contributed by atoms with Gasteiger partial charge in [-0.05, 0) is 39.0 Å². The summed E-state index contributed by atoms with van der Waals surface area (Å²) in [6, 6.07) is 8.28. The van der Waals surface area contributed by atoms with Crippen molar-refractivity contribution in [3.8, 4) is 0 Å². The first-order chi connectivity index (χ1) is 22.3. The van der Waals surface area contributed by atoms with Gasteiger partial charge >= 0.3 is 7.12 Å². The van der Waals surface area contributed by atoms with Gasteiger partial charge in [0.25, 0.3) is 5.91 Å². The molecule has 1 saturated carbocycles. The highest BCUT2D eigenvalue weighted by Gasteiger charge is 2.67. The third-order valence-electron chi connectivity index (χ3n) is 10.3. The molecule has 7 atom stereocenters. The van der Waals surface area contributed by atoms with Gasteiger partial charge in [-0.25, -0.2) is 0 Å². The topological polar surface area (TPSA) is 189 Å². The fourth-order valence-electron chi connectivity index (χ4n) is 7.88. The Hall–Kier alpha value is -3.79. The van der Waals surface area contributed by atoms with E-state index in [-0.39, 0.29) is 37.6 Å². The quantitative estimate of drug-likeness (QED) is 0.184. The molecule has 1 aromatic rings. The van der Waals surface area contributed by atoms with Crippen LogP contribution in [0.2, 0.25) is 0 Å². The minimum atomic E-state index is -2.70. The molecule has 0 aromatic heterocycles. The predicted molar refractivity (Wildman–Crippen MR) is 169 cm³/mol. The van der Waals surface area contributed by atoms with Crippen molar-refractivity contribution in [3.05, 3.63) is 77.0 Å². The summed E-state index contributed by atoms with van der Waals surface area (Å²) in [7, 11) is 2.60.